The van der Waals surface area contributed by atoms with E-state index in [-0.39, 0.29) is 12.5 Å². The van der Waals surface area contributed by atoms with Crippen LogP contribution in [0.3, 0.4) is 0 Å². The Morgan fingerprint density at radius 3 is 2.48 bits per heavy atom. The molecule has 2 heterocycles. The minimum absolute atomic E-state index is 0.0232. The van der Waals surface area contributed by atoms with Crippen LogP contribution in [0.2, 0.25) is 0 Å². The van der Waals surface area contributed by atoms with Crippen molar-refractivity contribution >= 4 is 23.2 Å². The largest absolute Gasteiger partial charge is 0.492 e. The second kappa shape index (κ2) is 8.60. The van der Waals surface area contributed by atoms with Crippen LogP contribution in [0.5, 0.6) is 5.75 Å². The predicted molar refractivity (Wildman–Crippen MR) is 113 cm³/mol. The van der Waals surface area contributed by atoms with E-state index in [1.165, 1.54) is 6.33 Å². The van der Waals surface area contributed by atoms with Gasteiger partial charge in [-0.25, -0.2) is 9.97 Å². The number of carbonyl (C=O) groups is 1. The molecule has 1 aromatic heterocycles. The van der Waals surface area contributed by atoms with Crippen molar-refractivity contribution in [3.05, 3.63) is 72.6 Å². The quantitative estimate of drug-likeness (QED) is 0.654. The minimum Gasteiger partial charge on any atom is -0.492 e. The molecule has 0 unspecified atom stereocenters. The summed E-state index contributed by atoms with van der Waals surface area (Å²) in [6.45, 7) is 1.75. The third kappa shape index (κ3) is 4.29. The number of nitrogens with zero attached hydrogens (tertiary/aromatic N) is 4. The van der Waals surface area contributed by atoms with Gasteiger partial charge in [0.2, 0.25) is 5.91 Å². The van der Waals surface area contributed by atoms with Crippen LogP contribution in [-0.2, 0) is 11.3 Å². The van der Waals surface area contributed by atoms with Gasteiger partial charge in [-0.05, 0) is 24.3 Å². The number of carbonyl (C=O) groups excluding carboxylic acids is 1. The van der Waals surface area contributed by atoms with Crippen LogP contribution >= 0.6 is 0 Å². The lowest BCUT2D eigenvalue weighted by molar-refractivity contribution is -0.117. The van der Waals surface area contributed by atoms with Gasteiger partial charge >= 0.3 is 0 Å². The zero-order chi connectivity index (χ0) is 20.1. The molecule has 1 N–H and O–H groups in total. The number of nitrogens with one attached hydrogen (secondary N) is 1. The van der Waals surface area contributed by atoms with E-state index in [1.54, 1.807) is 4.90 Å². The van der Waals surface area contributed by atoms with E-state index in [9.17, 15) is 4.79 Å². The lowest BCUT2D eigenvalue weighted by Gasteiger charge is -2.21. The Morgan fingerprint density at radius 2 is 1.72 bits per heavy atom. The summed E-state index contributed by atoms with van der Waals surface area (Å²) in [5.41, 5.74) is 1.75. The highest BCUT2D eigenvalue weighted by Gasteiger charge is 2.27. The number of amides is 1. The van der Waals surface area contributed by atoms with E-state index < -0.39 is 0 Å². The normalized spacial score (nSPS) is 13.6. The zero-order valence-corrected chi connectivity index (χ0v) is 16.3. The Balaban J connectivity index is 1.52. The molecule has 0 bridgehead atoms. The SMILES string of the molecule is CN1CC(=O)N(c2ccccc2)Cc2c(NCCOc3ccccc3)ncnc21. The average Bonchev–Trinajstić information content (AvgIpc) is 2.89. The van der Waals surface area contributed by atoms with Gasteiger partial charge in [-0.1, -0.05) is 36.4 Å². The molecule has 7 heteroatoms. The van der Waals surface area contributed by atoms with E-state index in [1.807, 2.05) is 72.6 Å². The van der Waals surface area contributed by atoms with Crippen LogP contribution in [0.15, 0.2) is 67.0 Å². The Bertz CT molecular complexity index is 965. The summed E-state index contributed by atoms with van der Waals surface area (Å²) in [5.74, 6) is 2.33. The van der Waals surface area contributed by atoms with E-state index in [2.05, 4.69) is 15.3 Å². The highest BCUT2D eigenvalue weighted by molar-refractivity contribution is 5.97. The fraction of sp³-hybridized carbons (Fsp3) is 0.227. The summed E-state index contributed by atoms with van der Waals surface area (Å²) in [4.78, 5) is 25.3. The van der Waals surface area contributed by atoms with Gasteiger partial charge in [0.1, 0.15) is 30.3 Å². The Kier molecular flexibility index (Phi) is 5.56. The van der Waals surface area contributed by atoms with Gasteiger partial charge in [-0.2, -0.15) is 0 Å². The standard InChI is InChI=1S/C22H23N5O2/c1-26-15-20(28)27(17-8-4-2-5-9-17)14-19-21(24-16-25-22(19)26)23-12-13-29-18-10-6-3-7-11-18/h2-11,16H,12-15H2,1H3,(H,23,24,25). The monoisotopic (exact) mass is 389 g/mol. The molecule has 0 radical (unpaired) electrons. The average molecular weight is 389 g/mol. The van der Waals surface area contributed by atoms with E-state index in [0.29, 0.717) is 25.5 Å². The summed E-state index contributed by atoms with van der Waals surface area (Å²) in [6, 6.07) is 19.4. The Labute approximate surface area is 170 Å². The molecular formula is C22H23N5O2. The molecule has 0 fully saturated rings. The molecule has 1 aliphatic rings. The van der Waals surface area contributed by atoms with Crippen LogP contribution < -0.4 is 19.9 Å². The molecule has 148 valence electrons. The van der Waals surface area contributed by atoms with Gasteiger partial charge in [0.05, 0.1) is 25.2 Å². The summed E-state index contributed by atoms with van der Waals surface area (Å²) in [6.07, 6.45) is 1.53. The van der Waals surface area contributed by atoms with Crippen molar-refractivity contribution in [1.82, 2.24) is 9.97 Å². The van der Waals surface area contributed by atoms with Crippen molar-refractivity contribution in [2.45, 2.75) is 6.54 Å². The zero-order valence-electron chi connectivity index (χ0n) is 16.3. The van der Waals surface area contributed by atoms with Crippen molar-refractivity contribution in [3.63, 3.8) is 0 Å². The number of hydrogen-bond acceptors (Lipinski definition) is 6. The van der Waals surface area contributed by atoms with Crippen LogP contribution in [0, 0.1) is 0 Å². The maximum atomic E-state index is 12.8. The van der Waals surface area contributed by atoms with Gasteiger partial charge < -0.3 is 19.9 Å². The summed E-state index contributed by atoms with van der Waals surface area (Å²) in [5, 5.41) is 3.34. The molecule has 0 spiro atoms. The molecular weight excluding hydrogens is 366 g/mol. The lowest BCUT2D eigenvalue weighted by Crippen LogP contribution is -2.35. The Morgan fingerprint density at radius 1 is 1.00 bits per heavy atom. The first kappa shape index (κ1) is 18.7. The fourth-order valence-corrected chi connectivity index (χ4v) is 3.34. The van der Waals surface area contributed by atoms with Gasteiger partial charge in [0, 0.05) is 12.7 Å². The van der Waals surface area contributed by atoms with Crippen molar-refractivity contribution in [2.24, 2.45) is 0 Å². The number of anilines is 3. The number of fused-ring (bicyclic) bond motifs is 1. The third-order valence-corrected chi connectivity index (χ3v) is 4.75. The van der Waals surface area contributed by atoms with Crippen molar-refractivity contribution in [1.29, 1.82) is 0 Å². The number of para-hydroxylation sites is 2. The molecule has 29 heavy (non-hydrogen) atoms. The molecule has 1 amide bonds. The number of benzene rings is 2. The molecule has 7 nitrogen and oxygen atoms in total. The van der Waals surface area contributed by atoms with Gasteiger partial charge in [-0.3, -0.25) is 4.79 Å². The van der Waals surface area contributed by atoms with Crippen molar-refractivity contribution in [3.8, 4) is 5.75 Å². The number of hydrogen-bond donors (Lipinski definition) is 1. The first-order valence-electron chi connectivity index (χ1n) is 9.54. The molecule has 2 aromatic carbocycles. The topological polar surface area (TPSA) is 70.6 Å². The molecule has 4 rings (SSSR count). The molecule has 3 aromatic rings. The van der Waals surface area contributed by atoms with Crippen LogP contribution in [0.4, 0.5) is 17.3 Å². The van der Waals surface area contributed by atoms with Gasteiger partial charge in [0.25, 0.3) is 0 Å². The van der Waals surface area contributed by atoms with E-state index >= 15 is 0 Å². The summed E-state index contributed by atoms with van der Waals surface area (Å²) < 4.78 is 5.74. The number of rotatable bonds is 6. The minimum atomic E-state index is 0.0232. The highest BCUT2D eigenvalue weighted by Crippen LogP contribution is 2.29. The van der Waals surface area contributed by atoms with Crippen LogP contribution in [-0.4, -0.2) is 42.6 Å². The first-order chi connectivity index (χ1) is 14.2. The van der Waals surface area contributed by atoms with E-state index in [0.717, 1.165) is 22.8 Å². The number of ether oxygens (including phenoxy) is 1. The van der Waals surface area contributed by atoms with Crippen LogP contribution in [0.25, 0.3) is 0 Å². The highest BCUT2D eigenvalue weighted by atomic mass is 16.5. The summed E-state index contributed by atoms with van der Waals surface area (Å²) >= 11 is 0. The molecule has 1 aliphatic heterocycles. The van der Waals surface area contributed by atoms with E-state index in [4.69, 9.17) is 4.74 Å². The van der Waals surface area contributed by atoms with Crippen LogP contribution in [0.1, 0.15) is 5.56 Å². The van der Waals surface area contributed by atoms with Gasteiger partial charge in [0.15, 0.2) is 0 Å². The first-order valence-corrected chi connectivity index (χ1v) is 9.54. The smallest absolute Gasteiger partial charge is 0.246 e. The fourth-order valence-electron chi connectivity index (χ4n) is 3.34. The lowest BCUT2D eigenvalue weighted by atomic mass is 10.2. The van der Waals surface area contributed by atoms with Crippen molar-refractivity contribution in [2.75, 3.05) is 41.9 Å². The summed E-state index contributed by atoms with van der Waals surface area (Å²) in [7, 11) is 1.88. The molecule has 0 atom stereocenters. The Hall–Kier alpha value is -3.61. The number of aromatic nitrogens is 2. The predicted octanol–water partition coefficient (Wildman–Crippen LogP) is 2.95. The molecule has 0 saturated heterocycles. The van der Waals surface area contributed by atoms with Gasteiger partial charge in [-0.15, -0.1) is 0 Å². The number of likely N-dealkylation sites (N-methyl/N-ethyl adjacent to an activating group) is 1. The van der Waals surface area contributed by atoms with Crippen molar-refractivity contribution < 1.29 is 9.53 Å². The second-order valence-electron chi connectivity index (χ2n) is 6.78. The molecule has 0 aliphatic carbocycles. The third-order valence-electron chi connectivity index (χ3n) is 4.75. The maximum Gasteiger partial charge on any atom is 0.246 e. The second-order valence-corrected chi connectivity index (χ2v) is 6.78. The molecule has 0 saturated carbocycles. The maximum absolute atomic E-state index is 12.8.